The Morgan fingerprint density at radius 2 is 0.630 bits per heavy atom. The molecule has 0 fully saturated rings. The number of aliphatic hydroxyl groups is 4. The van der Waals surface area contributed by atoms with E-state index in [0.717, 1.165) is 38.5 Å². The highest BCUT2D eigenvalue weighted by molar-refractivity contribution is 5.80. The van der Waals surface area contributed by atoms with Crippen LogP contribution in [0.4, 0.5) is 0 Å². The largest absolute Gasteiger partial charge is 0.394 e. The predicted octanol–water partition coefficient (Wildman–Crippen LogP) is 13.2. The number of nitrogens with one attached hydrogen (secondary N) is 1. The molecule has 0 spiro atoms. The number of hydrogen-bond acceptors (Lipinski definition) is 5. The van der Waals surface area contributed by atoms with Crippen molar-refractivity contribution < 1.29 is 25.2 Å². The Morgan fingerprint density at radius 1 is 0.389 bits per heavy atom. The van der Waals surface area contributed by atoms with E-state index in [4.69, 9.17) is 0 Å². The fourth-order valence-corrected chi connectivity index (χ4v) is 7.94. The van der Waals surface area contributed by atoms with Crippen LogP contribution in [0.5, 0.6) is 0 Å². The summed E-state index contributed by atoms with van der Waals surface area (Å²) in [5, 5.41) is 43.5. The van der Waals surface area contributed by atoms with Crippen molar-refractivity contribution in [2.75, 3.05) is 6.61 Å². The van der Waals surface area contributed by atoms with E-state index in [0.29, 0.717) is 12.8 Å². The van der Waals surface area contributed by atoms with Crippen LogP contribution in [0.2, 0.25) is 0 Å². The van der Waals surface area contributed by atoms with Crippen LogP contribution in [0.25, 0.3) is 0 Å². The van der Waals surface area contributed by atoms with Gasteiger partial charge >= 0.3 is 0 Å². The number of carbonyl (C=O) groups is 1. The fraction of sp³-hybridized carbons (Fsp3) is 0.979. The quantitative estimate of drug-likeness (QED) is 0.0396. The molecular formula is C48H97NO5. The van der Waals surface area contributed by atoms with Gasteiger partial charge in [-0.05, 0) is 12.8 Å². The normalized spacial score (nSPS) is 14.0. The van der Waals surface area contributed by atoms with Crippen molar-refractivity contribution in [1.82, 2.24) is 5.32 Å². The molecule has 0 bridgehead atoms. The molecule has 1 amide bonds. The van der Waals surface area contributed by atoms with Crippen LogP contribution in [0.1, 0.15) is 271 Å². The molecule has 6 heteroatoms. The summed E-state index contributed by atoms with van der Waals surface area (Å²) < 4.78 is 0. The maximum Gasteiger partial charge on any atom is 0.249 e. The van der Waals surface area contributed by atoms with Gasteiger partial charge in [-0.15, -0.1) is 0 Å². The number of hydrogen-bond donors (Lipinski definition) is 5. The molecular weight excluding hydrogens is 671 g/mol. The molecule has 0 rings (SSSR count). The van der Waals surface area contributed by atoms with E-state index in [9.17, 15) is 25.2 Å². The van der Waals surface area contributed by atoms with Crippen molar-refractivity contribution in [3.63, 3.8) is 0 Å². The molecule has 0 radical (unpaired) electrons. The average molecular weight is 768 g/mol. The summed E-state index contributed by atoms with van der Waals surface area (Å²) in [6, 6.07) is -0.978. The molecule has 0 aliphatic carbocycles. The zero-order valence-electron chi connectivity index (χ0n) is 36.5. The molecule has 324 valence electrons. The van der Waals surface area contributed by atoms with Crippen LogP contribution in [-0.2, 0) is 4.79 Å². The minimum absolute atomic E-state index is 0.372. The van der Waals surface area contributed by atoms with Gasteiger partial charge in [-0.25, -0.2) is 0 Å². The van der Waals surface area contributed by atoms with Crippen LogP contribution in [-0.4, -0.2) is 57.3 Å². The molecule has 4 atom stereocenters. The summed E-state index contributed by atoms with van der Waals surface area (Å²) in [6.07, 6.45) is 47.6. The molecule has 0 saturated carbocycles. The van der Waals surface area contributed by atoms with Crippen LogP contribution < -0.4 is 5.32 Å². The predicted molar refractivity (Wildman–Crippen MR) is 233 cm³/mol. The second kappa shape index (κ2) is 43.4. The molecule has 0 heterocycles. The second-order valence-electron chi connectivity index (χ2n) is 17.2. The maximum atomic E-state index is 12.4. The Morgan fingerprint density at radius 3 is 0.889 bits per heavy atom. The molecule has 0 aromatic rings. The van der Waals surface area contributed by atoms with E-state index < -0.39 is 36.9 Å². The van der Waals surface area contributed by atoms with Gasteiger partial charge in [0.1, 0.15) is 12.2 Å². The van der Waals surface area contributed by atoms with Gasteiger partial charge in [-0.1, -0.05) is 258 Å². The Balaban J connectivity index is 3.50. The molecule has 54 heavy (non-hydrogen) atoms. The monoisotopic (exact) mass is 768 g/mol. The second-order valence-corrected chi connectivity index (χ2v) is 17.2. The van der Waals surface area contributed by atoms with E-state index in [1.165, 1.54) is 205 Å². The number of carbonyl (C=O) groups excluding carboxylic acids is 1. The number of rotatable bonds is 45. The first kappa shape index (κ1) is 53.3. The van der Waals surface area contributed by atoms with Crippen molar-refractivity contribution in [1.29, 1.82) is 0 Å². The first-order valence-corrected chi connectivity index (χ1v) is 24.4. The number of aliphatic hydroxyl groups excluding tert-OH is 4. The Hall–Kier alpha value is -0.690. The first-order chi connectivity index (χ1) is 26.5. The van der Waals surface area contributed by atoms with Gasteiger partial charge in [0.15, 0.2) is 0 Å². The Bertz CT molecular complexity index is 736. The lowest BCUT2D eigenvalue weighted by Crippen LogP contribution is -2.53. The van der Waals surface area contributed by atoms with E-state index in [-0.39, 0.29) is 0 Å². The molecule has 6 nitrogen and oxygen atoms in total. The topological polar surface area (TPSA) is 110 Å². The van der Waals surface area contributed by atoms with E-state index in [2.05, 4.69) is 19.2 Å². The van der Waals surface area contributed by atoms with Crippen molar-refractivity contribution in [3.8, 4) is 0 Å². The Kier molecular flexibility index (Phi) is 42.9. The minimum atomic E-state index is -1.25. The summed E-state index contributed by atoms with van der Waals surface area (Å²) in [7, 11) is 0. The van der Waals surface area contributed by atoms with Crippen LogP contribution in [0.3, 0.4) is 0 Å². The molecule has 0 aliphatic rings. The van der Waals surface area contributed by atoms with Gasteiger partial charge in [-0.2, -0.15) is 0 Å². The summed E-state index contributed by atoms with van der Waals surface area (Å²) in [6.45, 7) is 4.03. The standard InChI is InChI=1S/C48H97NO5/c1-3-5-7-9-11-13-14-15-16-17-18-19-20-21-22-23-24-25-26-27-28-29-30-31-32-33-34-36-37-39-41-45(51)47(53)44(43-50)49-48(54)46(52)42-40-38-35-12-10-8-6-4-2/h44-47,50-53H,3-43H2,1-2H3,(H,49,54). The summed E-state index contributed by atoms with van der Waals surface area (Å²) in [5.41, 5.74) is 0. The minimum Gasteiger partial charge on any atom is -0.394 e. The molecule has 4 unspecified atom stereocenters. The maximum absolute atomic E-state index is 12.4. The van der Waals surface area contributed by atoms with Crippen molar-refractivity contribution in [2.45, 2.75) is 295 Å². The lowest BCUT2D eigenvalue weighted by atomic mass is 9.99. The van der Waals surface area contributed by atoms with Gasteiger partial charge in [0.05, 0.1) is 18.8 Å². The molecule has 0 aromatic carbocycles. The zero-order valence-corrected chi connectivity index (χ0v) is 36.5. The first-order valence-electron chi connectivity index (χ1n) is 24.4. The van der Waals surface area contributed by atoms with Gasteiger partial charge in [0.2, 0.25) is 5.91 Å². The Labute approximate surface area is 337 Å². The molecule has 5 N–H and O–H groups in total. The highest BCUT2D eigenvalue weighted by Crippen LogP contribution is 2.18. The highest BCUT2D eigenvalue weighted by Gasteiger charge is 2.28. The van der Waals surface area contributed by atoms with Crippen molar-refractivity contribution in [3.05, 3.63) is 0 Å². The van der Waals surface area contributed by atoms with Gasteiger partial charge in [-0.3, -0.25) is 4.79 Å². The third kappa shape index (κ3) is 36.9. The van der Waals surface area contributed by atoms with E-state index in [1.54, 1.807) is 0 Å². The van der Waals surface area contributed by atoms with Crippen LogP contribution >= 0.6 is 0 Å². The van der Waals surface area contributed by atoms with Gasteiger partial charge < -0.3 is 25.7 Å². The fourth-order valence-electron chi connectivity index (χ4n) is 7.94. The summed E-state index contributed by atoms with van der Waals surface area (Å²) in [5.74, 6) is -0.584. The average Bonchev–Trinajstić information content (AvgIpc) is 3.18. The molecule has 0 saturated heterocycles. The van der Waals surface area contributed by atoms with Crippen molar-refractivity contribution >= 4 is 5.91 Å². The SMILES string of the molecule is CCCCCCCCCCCCCCCCCCCCCCCCCCCCCCCCC(O)C(O)C(CO)NC(=O)C(O)CCCCCCCCCC. The van der Waals surface area contributed by atoms with Crippen LogP contribution in [0, 0.1) is 0 Å². The lowest BCUT2D eigenvalue weighted by molar-refractivity contribution is -0.132. The van der Waals surface area contributed by atoms with Gasteiger partial charge in [0, 0.05) is 0 Å². The van der Waals surface area contributed by atoms with Crippen LogP contribution in [0.15, 0.2) is 0 Å². The third-order valence-corrected chi connectivity index (χ3v) is 11.8. The molecule has 0 aliphatic heterocycles. The summed E-state index contributed by atoms with van der Waals surface area (Å²) in [4.78, 5) is 12.4. The lowest BCUT2D eigenvalue weighted by Gasteiger charge is -2.27. The zero-order chi connectivity index (χ0) is 39.6. The smallest absolute Gasteiger partial charge is 0.249 e. The summed E-state index contributed by atoms with van der Waals surface area (Å²) >= 11 is 0. The number of unbranched alkanes of at least 4 members (excludes halogenated alkanes) is 36. The van der Waals surface area contributed by atoms with E-state index >= 15 is 0 Å². The van der Waals surface area contributed by atoms with Crippen molar-refractivity contribution in [2.24, 2.45) is 0 Å². The molecule has 0 aromatic heterocycles. The highest BCUT2D eigenvalue weighted by atomic mass is 16.3. The number of amides is 1. The third-order valence-electron chi connectivity index (χ3n) is 11.8. The van der Waals surface area contributed by atoms with E-state index in [1.807, 2.05) is 0 Å². The van der Waals surface area contributed by atoms with Gasteiger partial charge in [0.25, 0.3) is 0 Å².